The van der Waals surface area contributed by atoms with E-state index < -0.39 is 0 Å². The number of hydrogen-bond donors (Lipinski definition) is 1. The van der Waals surface area contributed by atoms with Gasteiger partial charge in [-0.1, -0.05) is 12.8 Å². The quantitative estimate of drug-likeness (QED) is 0.753. The summed E-state index contributed by atoms with van der Waals surface area (Å²) in [5.74, 6) is 0. The lowest BCUT2D eigenvalue weighted by molar-refractivity contribution is 0.752. The molecule has 0 bridgehead atoms. The van der Waals surface area contributed by atoms with Crippen LogP contribution in [0.25, 0.3) is 0 Å². The normalized spacial score (nSPS) is 18.0. The van der Waals surface area contributed by atoms with Crippen molar-refractivity contribution >= 4 is 5.69 Å². The fourth-order valence-electron chi connectivity index (χ4n) is 2.03. The minimum Gasteiger partial charge on any atom is -0.380 e. The molecule has 1 aliphatic carbocycles. The number of aryl methyl sites for hydroxylation is 2. The molecule has 1 heterocycles. The average molecular weight is 179 g/mol. The number of rotatable bonds is 2. The fraction of sp³-hybridized carbons (Fsp3) is 0.700. The molecule has 0 spiro atoms. The topological polar surface area (TPSA) is 29.9 Å². The second-order valence-corrected chi connectivity index (χ2v) is 3.93. The summed E-state index contributed by atoms with van der Waals surface area (Å²) in [4.78, 5) is 0. The van der Waals surface area contributed by atoms with Crippen molar-refractivity contribution in [3.8, 4) is 0 Å². The van der Waals surface area contributed by atoms with Crippen LogP contribution in [0.15, 0.2) is 6.20 Å². The summed E-state index contributed by atoms with van der Waals surface area (Å²) in [6.45, 7) is 2.05. The van der Waals surface area contributed by atoms with Crippen molar-refractivity contribution in [1.29, 1.82) is 0 Å². The maximum absolute atomic E-state index is 4.31. The summed E-state index contributed by atoms with van der Waals surface area (Å²) >= 11 is 0. The smallest absolute Gasteiger partial charge is 0.0825 e. The molecule has 72 valence electrons. The van der Waals surface area contributed by atoms with Crippen LogP contribution in [0.1, 0.15) is 31.4 Å². The number of nitrogens with zero attached hydrogens (tertiary/aromatic N) is 2. The fourth-order valence-corrected chi connectivity index (χ4v) is 2.03. The summed E-state index contributed by atoms with van der Waals surface area (Å²) in [7, 11) is 1.97. The molecule has 0 unspecified atom stereocenters. The molecule has 0 radical (unpaired) electrons. The van der Waals surface area contributed by atoms with E-state index in [0.717, 1.165) is 5.69 Å². The molecular formula is C10H17N3. The predicted octanol–water partition coefficient (Wildman–Crippen LogP) is 2.08. The molecule has 1 aliphatic rings. The molecule has 0 aliphatic heterocycles. The van der Waals surface area contributed by atoms with Gasteiger partial charge in [-0.05, 0) is 19.8 Å². The van der Waals surface area contributed by atoms with E-state index in [-0.39, 0.29) is 0 Å². The Balaban J connectivity index is 2.03. The van der Waals surface area contributed by atoms with Gasteiger partial charge in [-0.25, -0.2) is 0 Å². The molecule has 1 fully saturated rings. The second kappa shape index (κ2) is 3.40. The predicted molar refractivity (Wildman–Crippen MR) is 53.8 cm³/mol. The van der Waals surface area contributed by atoms with Crippen LogP contribution in [0.4, 0.5) is 5.69 Å². The first-order valence-corrected chi connectivity index (χ1v) is 5.02. The van der Waals surface area contributed by atoms with Crippen LogP contribution in [-0.4, -0.2) is 15.8 Å². The number of anilines is 1. The van der Waals surface area contributed by atoms with Crippen molar-refractivity contribution < 1.29 is 0 Å². The first-order chi connectivity index (χ1) is 6.25. The number of aromatic nitrogens is 2. The minimum absolute atomic E-state index is 0.683. The monoisotopic (exact) mass is 179 g/mol. The largest absolute Gasteiger partial charge is 0.380 e. The van der Waals surface area contributed by atoms with Crippen molar-refractivity contribution in [2.24, 2.45) is 7.05 Å². The van der Waals surface area contributed by atoms with Crippen molar-refractivity contribution in [3.05, 3.63) is 11.9 Å². The molecule has 0 saturated heterocycles. The Kier molecular flexibility index (Phi) is 2.25. The summed E-state index contributed by atoms with van der Waals surface area (Å²) in [6.07, 6.45) is 7.43. The van der Waals surface area contributed by atoms with Crippen LogP contribution in [0.5, 0.6) is 0 Å². The van der Waals surface area contributed by atoms with E-state index in [1.165, 1.54) is 31.4 Å². The number of nitrogens with one attached hydrogen (secondary N) is 1. The van der Waals surface area contributed by atoms with Crippen LogP contribution in [0, 0.1) is 6.92 Å². The third-order valence-electron chi connectivity index (χ3n) is 2.73. The lowest BCUT2D eigenvalue weighted by Gasteiger charge is -2.11. The molecule has 13 heavy (non-hydrogen) atoms. The van der Waals surface area contributed by atoms with E-state index in [9.17, 15) is 0 Å². The van der Waals surface area contributed by atoms with E-state index in [1.807, 2.05) is 11.7 Å². The molecule has 1 saturated carbocycles. The van der Waals surface area contributed by atoms with Crippen molar-refractivity contribution in [2.75, 3.05) is 5.32 Å². The van der Waals surface area contributed by atoms with Gasteiger partial charge in [0.2, 0.25) is 0 Å². The van der Waals surface area contributed by atoms with Gasteiger partial charge in [0.1, 0.15) is 0 Å². The van der Waals surface area contributed by atoms with Crippen LogP contribution < -0.4 is 5.32 Å². The SMILES string of the molecule is Cc1nn(C)cc1NC1CCCC1. The maximum atomic E-state index is 4.31. The van der Waals surface area contributed by atoms with E-state index in [0.29, 0.717) is 6.04 Å². The van der Waals surface area contributed by atoms with Gasteiger partial charge in [-0.3, -0.25) is 4.68 Å². The Morgan fingerprint density at radius 3 is 2.69 bits per heavy atom. The van der Waals surface area contributed by atoms with Gasteiger partial charge >= 0.3 is 0 Å². The highest BCUT2D eigenvalue weighted by atomic mass is 15.3. The van der Waals surface area contributed by atoms with Gasteiger partial charge in [0.05, 0.1) is 11.4 Å². The zero-order chi connectivity index (χ0) is 9.26. The second-order valence-electron chi connectivity index (χ2n) is 3.93. The molecule has 1 aromatic rings. The highest BCUT2D eigenvalue weighted by Gasteiger charge is 2.15. The Bertz CT molecular complexity index is 284. The molecular weight excluding hydrogens is 162 g/mol. The van der Waals surface area contributed by atoms with Gasteiger partial charge in [0, 0.05) is 19.3 Å². The molecule has 2 rings (SSSR count). The average Bonchev–Trinajstić information content (AvgIpc) is 2.63. The van der Waals surface area contributed by atoms with Gasteiger partial charge < -0.3 is 5.32 Å². The zero-order valence-electron chi connectivity index (χ0n) is 8.38. The molecule has 1 N–H and O–H groups in total. The summed E-state index contributed by atoms with van der Waals surface area (Å²) in [6, 6.07) is 0.683. The summed E-state index contributed by atoms with van der Waals surface area (Å²) in [5.41, 5.74) is 2.31. The van der Waals surface area contributed by atoms with Crippen LogP contribution in [0.2, 0.25) is 0 Å². The van der Waals surface area contributed by atoms with Gasteiger partial charge in [0.15, 0.2) is 0 Å². The zero-order valence-corrected chi connectivity index (χ0v) is 8.38. The van der Waals surface area contributed by atoms with Crippen molar-refractivity contribution in [2.45, 2.75) is 38.6 Å². The van der Waals surface area contributed by atoms with E-state index in [1.54, 1.807) is 0 Å². The maximum Gasteiger partial charge on any atom is 0.0825 e. The Morgan fingerprint density at radius 1 is 1.46 bits per heavy atom. The Labute approximate surface area is 79.1 Å². The van der Waals surface area contributed by atoms with E-state index >= 15 is 0 Å². The standard InChI is InChI=1S/C10H17N3/c1-8-10(7-13(2)12-8)11-9-5-3-4-6-9/h7,9,11H,3-6H2,1-2H3. The lowest BCUT2D eigenvalue weighted by Crippen LogP contribution is -2.14. The molecule has 0 amide bonds. The minimum atomic E-state index is 0.683. The van der Waals surface area contributed by atoms with Crippen LogP contribution >= 0.6 is 0 Å². The van der Waals surface area contributed by atoms with E-state index in [2.05, 4.69) is 23.5 Å². The highest BCUT2D eigenvalue weighted by Crippen LogP contribution is 2.23. The first kappa shape index (κ1) is 8.60. The highest BCUT2D eigenvalue weighted by molar-refractivity contribution is 5.46. The third-order valence-corrected chi connectivity index (χ3v) is 2.73. The summed E-state index contributed by atoms with van der Waals surface area (Å²) in [5, 5.41) is 7.85. The van der Waals surface area contributed by atoms with Gasteiger partial charge in [-0.15, -0.1) is 0 Å². The first-order valence-electron chi connectivity index (χ1n) is 5.02. The molecule has 0 aromatic carbocycles. The van der Waals surface area contributed by atoms with Gasteiger partial charge in [0.25, 0.3) is 0 Å². The van der Waals surface area contributed by atoms with E-state index in [4.69, 9.17) is 0 Å². The summed E-state index contributed by atoms with van der Waals surface area (Å²) < 4.78 is 1.87. The van der Waals surface area contributed by atoms with Crippen molar-refractivity contribution in [1.82, 2.24) is 9.78 Å². The number of hydrogen-bond acceptors (Lipinski definition) is 2. The van der Waals surface area contributed by atoms with Gasteiger partial charge in [-0.2, -0.15) is 5.10 Å². The molecule has 3 heteroatoms. The van der Waals surface area contributed by atoms with Crippen LogP contribution in [-0.2, 0) is 7.05 Å². The Morgan fingerprint density at radius 2 is 2.15 bits per heavy atom. The molecule has 0 atom stereocenters. The Hall–Kier alpha value is -0.990. The molecule has 1 aromatic heterocycles. The molecule has 3 nitrogen and oxygen atoms in total. The lowest BCUT2D eigenvalue weighted by atomic mass is 10.2. The van der Waals surface area contributed by atoms with Crippen molar-refractivity contribution in [3.63, 3.8) is 0 Å². The third kappa shape index (κ3) is 1.85. The van der Waals surface area contributed by atoms with Crippen LogP contribution in [0.3, 0.4) is 0 Å².